The molecule has 1 heterocycles. The summed E-state index contributed by atoms with van der Waals surface area (Å²) in [7, 11) is -3.03. The number of halogens is 1. The predicted octanol–water partition coefficient (Wildman–Crippen LogP) is 1.43. The van der Waals surface area contributed by atoms with E-state index in [-0.39, 0.29) is 24.0 Å². The van der Waals surface area contributed by atoms with Crippen LogP contribution in [0.3, 0.4) is 0 Å². The number of benzene rings is 1. The van der Waals surface area contributed by atoms with Gasteiger partial charge in [-0.1, -0.05) is 30.7 Å². The van der Waals surface area contributed by atoms with Crippen LogP contribution in [-0.4, -0.2) is 80.9 Å². The van der Waals surface area contributed by atoms with Crippen LogP contribution in [0.5, 0.6) is 0 Å². The first kappa shape index (κ1) is 22.5. The molecule has 0 unspecified atom stereocenters. The lowest BCUT2D eigenvalue weighted by Crippen LogP contribution is -2.54. The number of aliphatic imine (C=N–C) groups is 1. The van der Waals surface area contributed by atoms with E-state index in [1.807, 2.05) is 30.0 Å². The third-order valence-electron chi connectivity index (χ3n) is 4.61. The topological polar surface area (TPSA) is 82.1 Å². The van der Waals surface area contributed by atoms with E-state index in [0.717, 1.165) is 5.56 Å². The summed E-state index contributed by atoms with van der Waals surface area (Å²) in [5.74, 6) is 0.969. The lowest BCUT2D eigenvalue weighted by Gasteiger charge is -2.36. The van der Waals surface area contributed by atoms with Gasteiger partial charge in [-0.05, 0) is 24.6 Å². The van der Waals surface area contributed by atoms with E-state index in [9.17, 15) is 13.2 Å². The molecule has 9 heteroatoms. The Morgan fingerprint density at radius 1 is 1.18 bits per heavy atom. The lowest BCUT2D eigenvalue weighted by molar-refractivity contribution is -0.131. The molecule has 1 N–H and O–H groups in total. The second-order valence-electron chi connectivity index (χ2n) is 6.65. The smallest absolute Gasteiger partial charge is 0.227 e. The quantitative estimate of drug-likeness (QED) is 0.524. The maximum Gasteiger partial charge on any atom is 0.227 e. The highest BCUT2D eigenvalue weighted by atomic mass is 35.5. The Kier molecular flexibility index (Phi) is 8.57. The number of hydrogen-bond acceptors (Lipinski definition) is 4. The van der Waals surface area contributed by atoms with Crippen LogP contribution in [0.4, 0.5) is 0 Å². The summed E-state index contributed by atoms with van der Waals surface area (Å²) in [6.45, 7) is 7.10. The van der Waals surface area contributed by atoms with Gasteiger partial charge < -0.3 is 15.1 Å². The fraction of sp³-hybridized carbons (Fsp3) is 0.579. The Labute approximate surface area is 172 Å². The number of nitrogens with zero attached hydrogens (tertiary/aromatic N) is 3. The lowest BCUT2D eigenvalue weighted by atomic mass is 10.1. The van der Waals surface area contributed by atoms with Gasteiger partial charge in [0.2, 0.25) is 5.91 Å². The first-order valence-corrected chi connectivity index (χ1v) is 11.8. The number of hydrogen-bond donors (Lipinski definition) is 1. The van der Waals surface area contributed by atoms with E-state index in [4.69, 9.17) is 11.6 Å². The van der Waals surface area contributed by atoms with Crippen molar-refractivity contribution >= 4 is 33.3 Å². The van der Waals surface area contributed by atoms with Crippen molar-refractivity contribution in [3.8, 4) is 0 Å². The second kappa shape index (κ2) is 10.7. The van der Waals surface area contributed by atoms with E-state index in [1.165, 1.54) is 0 Å². The van der Waals surface area contributed by atoms with Crippen LogP contribution in [0.25, 0.3) is 0 Å². The fourth-order valence-electron chi connectivity index (χ4n) is 2.96. The molecule has 156 valence electrons. The highest BCUT2D eigenvalue weighted by Crippen LogP contribution is 2.13. The predicted molar refractivity (Wildman–Crippen MR) is 114 cm³/mol. The summed E-state index contributed by atoms with van der Waals surface area (Å²) in [6, 6.07) is 7.36. The highest BCUT2D eigenvalue weighted by molar-refractivity contribution is 7.91. The molecule has 1 aliphatic heterocycles. The first-order valence-electron chi connectivity index (χ1n) is 9.60. The van der Waals surface area contributed by atoms with Gasteiger partial charge in [0.15, 0.2) is 15.8 Å². The standard InChI is InChI=1S/C19H29ClN4O3S/c1-3-21-19(22-8-13-28(26,27)4-2)24-11-9-23(10-12-24)18(25)15-16-6-5-7-17(20)14-16/h5-7,14H,3-4,8-13,15H2,1-2H3,(H,21,22). The van der Waals surface area contributed by atoms with E-state index in [2.05, 4.69) is 15.2 Å². The summed E-state index contributed by atoms with van der Waals surface area (Å²) in [6.07, 6.45) is 0.337. The molecule has 0 saturated carbocycles. The minimum Gasteiger partial charge on any atom is -0.357 e. The summed E-state index contributed by atoms with van der Waals surface area (Å²) < 4.78 is 23.3. The second-order valence-corrected chi connectivity index (χ2v) is 9.56. The Morgan fingerprint density at radius 3 is 2.46 bits per heavy atom. The van der Waals surface area contributed by atoms with Crippen molar-refractivity contribution in [3.63, 3.8) is 0 Å². The maximum atomic E-state index is 12.5. The van der Waals surface area contributed by atoms with Gasteiger partial charge in [-0.25, -0.2) is 8.42 Å². The van der Waals surface area contributed by atoms with Crippen molar-refractivity contribution in [2.45, 2.75) is 20.3 Å². The first-order chi connectivity index (χ1) is 13.3. The number of carbonyl (C=O) groups excluding carboxylic acids is 1. The SMILES string of the molecule is CCNC(=NCCS(=O)(=O)CC)N1CCN(C(=O)Cc2cccc(Cl)c2)CC1. The average molecular weight is 429 g/mol. The molecule has 1 amide bonds. The van der Waals surface area contributed by atoms with Gasteiger partial charge in [0.05, 0.1) is 18.7 Å². The number of carbonyl (C=O) groups is 1. The van der Waals surface area contributed by atoms with Gasteiger partial charge >= 0.3 is 0 Å². The molecule has 1 aliphatic rings. The molecule has 0 bridgehead atoms. The molecule has 1 aromatic rings. The molecular weight excluding hydrogens is 400 g/mol. The molecule has 0 aliphatic carbocycles. The highest BCUT2D eigenvalue weighted by Gasteiger charge is 2.23. The monoisotopic (exact) mass is 428 g/mol. The van der Waals surface area contributed by atoms with Gasteiger partial charge in [0.25, 0.3) is 0 Å². The summed E-state index contributed by atoms with van der Waals surface area (Å²) in [5.41, 5.74) is 0.909. The molecule has 1 fully saturated rings. The normalized spacial score (nSPS) is 15.6. The largest absolute Gasteiger partial charge is 0.357 e. The van der Waals surface area contributed by atoms with Crippen LogP contribution in [-0.2, 0) is 21.1 Å². The molecule has 0 atom stereocenters. The number of piperazine rings is 1. The minimum atomic E-state index is -3.03. The molecule has 0 aromatic heterocycles. The van der Waals surface area contributed by atoms with Crippen LogP contribution in [0.15, 0.2) is 29.3 Å². The molecule has 0 radical (unpaired) electrons. The molecule has 1 saturated heterocycles. The van der Waals surface area contributed by atoms with Crippen molar-refractivity contribution < 1.29 is 13.2 Å². The van der Waals surface area contributed by atoms with Gasteiger partial charge in [-0.15, -0.1) is 0 Å². The maximum absolute atomic E-state index is 12.5. The zero-order valence-corrected chi connectivity index (χ0v) is 18.1. The van der Waals surface area contributed by atoms with Gasteiger partial charge in [-0.2, -0.15) is 0 Å². The van der Waals surface area contributed by atoms with Crippen LogP contribution in [0.2, 0.25) is 5.02 Å². The Morgan fingerprint density at radius 2 is 1.86 bits per heavy atom. The number of guanidine groups is 1. The van der Waals surface area contributed by atoms with E-state index < -0.39 is 9.84 Å². The zero-order valence-electron chi connectivity index (χ0n) is 16.5. The van der Waals surface area contributed by atoms with E-state index in [0.29, 0.717) is 50.1 Å². The Bertz CT molecular complexity index is 790. The van der Waals surface area contributed by atoms with Crippen molar-refractivity contribution in [3.05, 3.63) is 34.9 Å². The number of sulfone groups is 1. The molecule has 1 aromatic carbocycles. The summed E-state index contributed by atoms with van der Waals surface area (Å²) in [4.78, 5) is 20.9. The van der Waals surface area contributed by atoms with Gasteiger partial charge in [-0.3, -0.25) is 9.79 Å². The Balaban J connectivity index is 1.89. The van der Waals surface area contributed by atoms with E-state index in [1.54, 1.807) is 13.0 Å². The van der Waals surface area contributed by atoms with Gasteiger partial charge in [0.1, 0.15) is 0 Å². The number of rotatable bonds is 7. The van der Waals surface area contributed by atoms with Crippen molar-refractivity contribution in [1.82, 2.24) is 15.1 Å². The molecular formula is C19H29ClN4O3S. The van der Waals surface area contributed by atoms with Crippen LogP contribution >= 0.6 is 11.6 Å². The van der Waals surface area contributed by atoms with Crippen molar-refractivity contribution in [2.75, 3.05) is 50.8 Å². The van der Waals surface area contributed by atoms with Crippen molar-refractivity contribution in [2.24, 2.45) is 4.99 Å². The van der Waals surface area contributed by atoms with Crippen molar-refractivity contribution in [1.29, 1.82) is 0 Å². The number of amides is 1. The minimum absolute atomic E-state index is 0.0521. The third-order valence-corrected chi connectivity index (χ3v) is 6.53. The summed E-state index contributed by atoms with van der Waals surface area (Å²) in [5, 5.41) is 3.84. The third kappa shape index (κ3) is 6.98. The van der Waals surface area contributed by atoms with Gasteiger partial charge in [0, 0.05) is 43.5 Å². The fourth-order valence-corrected chi connectivity index (χ4v) is 3.83. The van der Waals surface area contributed by atoms with E-state index >= 15 is 0 Å². The molecule has 2 rings (SSSR count). The molecule has 0 spiro atoms. The van der Waals surface area contributed by atoms with Crippen LogP contribution < -0.4 is 5.32 Å². The number of nitrogens with one attached hydrogen (secondary N) is 1. The zero-order chi connectivity index (χ0) is 20.6. The summed E-state index contributed by atoms with van der Waals surface area (Å²) >= 11 is 5.99. The van der Waals surface area contributed by atoms with Crippen LogP contribution in [0.1, 0.15) is 19.4 Å². The molecule has 28 heavy (non-hydrogen) atoms. The molecule has 7 nitrogen and oxygen atoms in total. The Hall–Kier alpha value is -1.80. The van der Waals surface area contributed by atoms with Crippen LogP contribution in [0, 0.1) is 0 Å². The average Bonchev–Trinajstić information content (AvgIpc) is 2.67.